The molecule has 5 nitrogen and oxygen atoms in total. The molecule has 0 bridgehead atoms. The molecule has 2 saturated heterocycles. The lowest BCUT2D eigenvalue weighted by atomic mass is 9.78. The van der Waals surface area contributed by atoms with E-state index in [0.29, 0.717) is 16.6 Å². The maximum absolute atomic E-state index is 12.9. The van der Waals surface area contributed by atoms with Gasteiger partial charge in [0.15, 0.2) is 0 Å². The zero-order valence-corrected chi connectivity index (χ0v) is 18.0. The number of hydrogen-bond acceptors (Lipinski definition) is 4. The van der Waals surface area contributed by atoms with E-state index in [9.17, 15) is 4.79 Å². The first-order valence-electron chi connectivity index (χ1n) is 9.62. The number of halogens is 1. The van der Waals surface area contributed by atoms with Crippen LogP contribution in [0.4, 0.5) is 0 Å². The highest BCUT2D eigenvalue weighted by Gasteiger charge is 2.52. The summed E-state index contributed by atoms with van der Waals surface area (Å²) in [5.74, 6) is 0.0366. The van der Waals surface area contributed by atoms with Crippen molar-refractivity contribution in [3.05, 3.63) is 28.8 Å². The van der Waals surface area contributed by atoms with Gasteiger partial charge in [-0.05, 0) is 66.8 Å². The van der Waals surface area contributed by atoms with Crippen LogP contribution < -0.4 is 5.46 Å². The minimum Gasteiger partial charge on any atom is -0.399 e. The van der Waals surface area contributed by atoms with Gasteiger partial charge in [0.25, 0.3) is 5.91 Å². The third-order valence-electron chi connectivity index (χ3n) is 6.24. The second kappa shape index (κ2) is 7.39. The molecule has 0 aromatic heterocycles. The van der Waals surface area contributed by atoms with Crippen molar-refractivity contribution >= 4 is 30.1 Å². The minimum absolute atomic E-state index is 0.0366. The average molecular weight is 393 g/mol. The van der Waals surface area contributed by atoms with E-state index >= 15 is 0 Å². The van der Waals surface area contributed by atoms with Crippen LogP contribution in [0.25, 0.3) is 0 Å². The molecule has 0 aliphatic carbocycles. The Balaban J connectivity index is 1.71. The predicted molar refractivity (Wildman–Crippen MR) is 110 cm³/mol. The predicted octanol–water partition coefficient (Wildman–Crippen LogP) is 2.81. The molecule has 0 N–H and O–H groups in total. The van der Waals surface area contributed by atoms with Crippen molar-refractivity contribution in [2.75, 3.05) is 27.2 Å². The van der Waals surface area contributed by atoms with Gasteiger partial charge in [-0.1, -0.05) is 17.7 Å². The monoisotopic (exact) mass is 392 g/mol. The molecule has 0 unspecified atom stereocenters. The molecule has 0 saturated carbocycles. The van der Waals surface area contributed by atoms with Gasteiger partial charge in [0.1, 0.15) is 0 Å². The van der Waals surface area contributed by atoms with Crippen molar-refractivity contribution in [1.82, 2.24) is 9.80 Å². The van der Waals surface area contributed by atoms with E-state index in [0.717, 1.165) is 31.4 Å². The number of amides is 1. The molecular weight excluding hydrogens is 362 g/mol. The summed E-state index contributed by atoms with van der Waals surface area (Å²) in [4.78, 5) is 17.0. The van der Waals surface area contributed by atoms with Gasteiger partial charge in [-0.2, -0.15) is 0 Å². The molecule has 7 heteroatoms. The van der Waals surface area contributed by atoms with Gasteiger partial charge in [0.2, 0.25) is 0 Å². The number of rotatable bonds is 3. The first kappa shape index (κ1) is 20.7. The number of likely N-dealkylation sites (tertiary alicyclic amines) is 1. The smallest absolute Gasteiger partial charge is 0.399 e. The molecule has 2 fully saturated rings. The van der Waals surface area contributed by atoms with Gasteiger partial charge in [0, 0.05) is 35.2 Å². The van der Waals surface area contributed by atoms with Crippen LogP contribution in [-0.2, 0) is 9.31 Å². The number of carbonyl (C=O) groups is 1. The summed E-state index contributed by atoms with van der Waals surface area (Å²) in [6.45, 7) is 9.59. The lowest BCUT2D eigenvalue weighted by Crippen LogP contribution is -2.44. The van der Waals surface area contributed by atoms with Gasteiger partial charge >= 0.3 is 7.12 Å². The van der Waals surface area contributed by atoms with Gasteiger partial charge < -0.3 is 19.1 Å². The molecule has 1 aromatic carbocycles. The Bertz CT molecular complexity index is 699. The highest BCUT2D eigenvalue weighted by atomic mass is 35.5. The maximum Gasteiger partial charge on any atom is 0.496 e. The summed E-state index contributed by atoms with van der Waals surface area (Å²) in [6, 6.07) is 5.96. The summed E-state index contributed by atoms with van der Waals surface area (Å²) in [7, 11) is 3.66. The normalized spacial score (nSPS) is 22.5. The quantitative estimate of drug-likeness (QED) is 0.742. The molecule has 148 valence electrons. The summed E-state index contributed by atoms with van der Waals surface area (Å²) >= 11 is 6.51. The van der Waals surface area contributed by atoms with E-state index in [1.54, 1.807) is 6.07 Å². The van der Waals surface area contributed by atoms with E-state index in [1.807, 2.05) is 44.7 Å². The molecule has 0 atom stereocenters. The highest BCUT2D eigenvalue weighted by Crippen LogP contribution is 2.37. The van der Waals surface area contributed by atoms with Crippen LogP contribution in [0.3, 0.4) is 0 Å². The standard InChI is InChI=1S/C20H30BClN2O3/c1-19(2)20(3,4)27-21(26-19)16-8-7-14(13-17(16)22)18(25)24-11-9-15(10-12-24)23(5)6/h7-8,13,15H,9-12H2,1-6H3. The number of nitrogens with zero attached hydrogens (tertiary/aromatic N) is 2. The second-order valence-corrected chi connectivity index (χ2v) is 9.22. The third kappa shape index (κ3) is 4.04. The average Bonchev–Trinajstić information content (AvgIpc) is 2.81. The Hall–Kier alpha value is -1.08. The Labute approximate surface area is 168 Å². The molecule has 3 rings (SSSR count). The van der Waals surface area contributed by atoms with Crippen molar-refractivity contribution in [2.24, 2.45) is 0 Å². The molecule has 2 heterocycles. The summed E-state index contributed by atoms with van der Waals surface area (Å²) < 4.78 is 12.2. The molecular formula is C20H30BClN2O3. The summed E-state index contributed by atoms with van der Waals surface area (Å²) in [6.07, 6.45) is 2.00. The van der Waals surface area contributed by atoms with Crippen molar-refractivity contribution in [3.63, 3.8) is 0 Å². The highest BCUT2D eigenvalue weighted by molar-refractivity contribution is 6.65. The van der Waals surface area contributed by atoms with E-state index in [1.165, 1.54) is 0 Å². The maximum atomic E-state index is 12.9. The number of carbonyl (C=O) groups excluding carboxylic acids is 1. The lowest BCUT2D eigenvalue weighted by Gasteiger charge is -2.35. The molecule has 27 heavy (non-hydrogen) atoms. The van der Waals surface area contributed by atoms with Crippen molar-refractivity contribution in [3.8, 4) is 0 Å². The van der Waals surface area contributed by atoms with Crippen LogP contribution in [0.5, 0.6) is 0 Å². The molecule has 2 aliphatic rings. The Morgan fingerprint density at radius 1 is 1.15 bits per heavy atom. The molecule has 0 spiro atoms. The fourth-order valence-electron chi connectivity index (χ4n) is 3.59. The van der Waals surface area contributed by atoms with Gasteiger partial charge in [0.05, 0.1) is 11.2 Å². The summed E-state index contributed by atoms with van der Waals surface area (Å²) in [5.41, 5.74) is 0.528. The second-order valence-electron chi connectivity index (χ2n) is 8.81. The topological polar surface area (TPSA) is 42.0 Å². The molecule has 2 aliphatic heterocycles. The largest absolute Gasteiger partial charge is 0.496 e. The Morgan fingerprint density at radius 2 is 1.70 bits per heavy atom. The van der Waals surface area contributed by atoms with Gasteiger partial charge in [-0.25, -0.2) is 0 Å². The van der Waals surface area contributed by atoms with E-state index < -0.39 is 18.3 Å². The first-order valence-corrected chi connectivity index (χ1v) is 10.0. The fourth-order valence-corrected chi connectivity index (χ4v) is 3.86. The van der Waals surface area contributed by atoms with E-state index in [-0.39, 0.29) is 5.91 Å². The number of benzene rings is 1. The van der Waals surface area contributed by atoms with Crippen molar-refractivity contribution in [1.29, 1.82) is 0 Å². The minimum atomic E-state index is -0.525. The third-order valence-corrected chi connectivity index (χ3v) is 6.56. The molecule has 0 radical (unpaired) electrons. The fraction of sp³-hybridized carbons (Fsp3) is 0.650. The Morgan fingerprint density at radius 3 is 2.19 bits per heavy atom. The van der Waals surface area contributed by atoms with Gasteiger partial charge in [-0.15, -0.1) is 0 Å². The lowest BCUT2D eigenvalue weighted by molar-refractivity contribution is 0.00578. The van der Waals surface area contributed by atoms with Crippen molar-refractivity contribution in [2.45, 2.75) is 57.8 Å². The molecule has 1 aromatic rings. The Kier molecular flexibility index (Phi) is 5.66. The van der Waals surface area contributed by atoms with Crippen LogP contribution in [0.2, 0.25) is 5.02 Å². The van der Waals surface area contributed by atoms with Crippen molar-refractivity contribution < 1.29 is 14.1 Å². The molecule has 1 amide bonds. The van der Waals surface area contributed by atoms with Crippen LogP contribution in [0.15, 0.2) is 18.2 Å². The first-order chi connectivity index (χ1) is 12.5. The van der Waals surface area contributed by atoms with E-state index in [2.05, 4.69) is 19.0 Å². The number of hydrogen-bond donors (Lipinski definition) is 0. The van der Waals surface area contributed by atoms with E-state index in [4.69, 9.17) is 20.9 Å². The summed E-state index contributed by atoms with van der Waals surface area (Å²) in [5, 5.41) is 0.502. The van der Waals surface area contributed by atoms with Crippen LogP contribution >= 0.6 is 11.6 Å². The van der Waals surface area contributed by atoms with Crippen LogP contribution in [-0.4, -0.2) is 67.3 Å². The van der Waals surface area contributed by atoms with Crippen LogP contribution in [0, 0.1) is 0 Å². The SMILES string of the molecule is CN(C)C1CCN(C(=O)c2ccc(B3OC(C)(C)C(C)(C)O3)c(Cl)c2)CC1. The van der Waals surface area contributed by atoms with Gasteiger partial charge in [-0.3, -0.25) is 4.79 Å². The number of piperidine rings is 1. The zero-order chi connectivity index (χ0) is 20.0. The zero-order valence-electron chi connectivity index (χ0n) is 17.2. The van der Waals surface area contributed by atoms with Crippen LogP contribution in [0.1, 0.15) is 50.9 Å².